The van der Waals surface area contributed by atoms with Gasteiger partial charge in [0, 0.05) is 26.0 Å². The minimum Gasteiger partial charge on any atom is -0.508 e. The molecule has 0 aromatic heterocycles. The van der Waals surface area contributed by atoms with Crippen LogP contribution in [0.25, 0.3) is 12.2 Å². The minimum absolute atomic E-state index is 0.0365. The third-order valence-corrected chi connectivity index (χ3v) is 15.5. The van der Waals surface area contributed by atoms with Crippen LogP contribution in [0.4, 0.5) is 0 Å². The second-order valence-corrected chi connectivity index (χ2v) is 22.0. The summed E-state index contributed by atoms with van der Waals surface area (Å²) in [4.78, 5) is 67.5. The molecular formula is C60H74O34. The van der Waals surface area contributed by atoms with E-state index in [1.807, 2.05) is 0 Å². The lowest BCUT2D eigenvalue weighted by Gasteiger charge is -2.51. The molecule has 0 aliphatic carbocycles. The summed E-state index contributed by atoms with van der Waals surface area (Å²) >= 11 is 0. The number of rotatable bonds is 25. The first-order chi connectivity index (χ1) is 44.8. The molecule has 5 saturated heterocycles. The monoisotopic (exact) mass is 1340 g/mol. The Morgan fingerprint density at radius 2 is 1.00 bits per heavy atom. The van der Waals surface area contributed by atoms with Crippen molar-refractivity contribution in [2.24, 2.45) is 0 Å². The van der Waals surface area contributed by atoms with Crippen molar-refractivity contribution in [2.75, 3.05) is 46.8 Å². The molecule has 5 aliphatic heterocycles. The van der Waals surface area contributed by atoms with Crippen LogP contribution >= 0.6 is 0 Å². The zero-order valence-corrected chi connectivity index (χ0v) is 50.2. The summed E-state index contributed by atoms with van der Waals surface area (Å²) in [6.07, 6.45) is -45.4. The Morgan fingerprint density at radius 3 is 1.56 bits per heavy atom. The van der Waals surface area contributed by atoms with Gasteiger partial charge < -0.3 is 143 Å². The van der Waals surface area contributed by atoms with Gasteiger partial charge in [-0.3, -0.25) is 9.59 Å². The Kier molecular flexibility index (Phi) is 25.3. The quantitative estimate of drug-likeness (QED) is 0.0215. The maximum absolute atomic E-state index is 14.4. The van der Waals surface area contributed by atoms with Gasteiger partial charge in [-0.05, 0) is 59.7 Å². The summed E-state index contributed by atoms with van der Waals surface area (Å²) < 4.78 is 89.0. The number of aromatic hydroxyl groups is 2. The van der Waals surface area contributed by atoms with Crippen molar-refractivity contribution in [1.29, 1.82) is 0 Å². The van der Waals surface area contributed by atoms with Crippen LogP contribution in [0.5, 0.6) is 17.2 Å². The normalized spacial score (nSPS) is 36.0. The standard InChI is InChI=1S/C60H74O34/c1-26(64)81-23-37-50(89-56-47(76)44(73)41(70)34(20-61)84-56)46(75)49(78)58(86-37)90-52-51(88-40(69)18-13-29-11-16-32(67)33(19-29)80-3)38(24-82-27(2)65)87-59(53(52)91-57-48(77)45(74)42(71)35(21-62)85-57)94-60(25-83-39(68)17-12-28-9-14-31(66)15-10-28)54(43(72)36(22-63)93-60)92-55(79)30-7-5-4-6-8-30/h4-19,34-38,41-54,56-59,61-63,66-67,70-78H,20-25H2,1-3H3. The van der Waals surface area contributed by atoms with E-state index >= 15 is 0 Å². The smallest absolute Gasteiger partial charge is 0.338 e. The van der Waals surface area contributed by atoms with Crippen molar-refractivity contribution in [3.8, 4) is 17.2 Å². The van der Waals surface area contributed by atoms with Gasteiger partial charge in [0.05, 0.1) is 32.5 Å². The number of phenols is 2. The van der Waals surface area contributed by atoms with E-state index < -0.39 is 216 Å². The largest absolute Gasteiger partial charge is 0.508 e. The molecule has 0 saturated carbocycles. The molecule has 24 atom stereocenters. The maximum atomic E-state index is 14.4. The lowest BCUT2D eigenvalue weighted by Crippen LogP contribution is -2.69. The number of aliphatic hydroxyl groups is 12. The first-order valence-electron chi connectivity index (χ1n) is 29.1. The van der Waals surface area contributed by atoms with Crippen molar-refractivity contribution in [3.05, 3.63) is 102 Å². The molecule has 5 heterocycles. The molecule has 5 fully saturated rings. The van der Waals surface area contributed by atoms with Crippen molar-refractivity contribution in [3.63, 3.8) is 0 Å². The molecule has 34 nitrogen and oxygen atoms in total. The molecule has 24 unspecified atom stereocenters. The van der Waals surface area contributed by atoms with Crippen LogP contribution in [0, 0.1) is 0 Å². The van der Waals surface area contributed by atoms with Crippen molar-refractivity contribution < 1.29 is 167 Å². The summed E-state index contributed by atoms with van der Waals surface area (Å²) in [5.74, 6) is -9.18. The highest BCUT2D eigenvalue weighted by Crippen LogP contribution is 2.43. The highest BCUT2D eigenvalue weighted by Gasteiger charge is 2.64. The zero-order chi connectivity index (χ0) is 68.3. The number of ether oxygens (including phenoxy) is 15. The Morgan fingerprint density at radius 1 is 0.500 bits per heavy atom. The first-order valence-corrected chi connectivity index (χ1v) is 29.1. The molecule has 5 aliphatic rings. The molecule has 0 amide bonds. The highest BCUT2D eigenvalue weighted by atomic mass is 16.8. The lowest BCUT2D eigenvalue weighted by molar-refractivity contribution is -0.423. The van der Waals surface area contributed by atoms with Crippen LogP contribution in [-0.4, -0.2) is 295 Å². The average molecular weight is 1340 g/mol. The number of aliphatic hydroxyl groups excluding tert-OH is 12. The topological polar surface area (TPSA) is 507 Å². The second kappa shape index (κ2) is 32.7. The van der Waals surface area contributed by atoms with E-state index in [1.54, 1.807) is 6.07 Å². The van der Waals surface area contributed by atoms with Crippen molar-refractivity contribution >= 4 is 42.0 Å². The molecular weight excluding hydrogens is 1260 g/mol. The summed E-state index contributed by atoms with van der Waals surface area (Å²) in [5.41, 5.74) is 0.420. The zero-order valence-electron chi connectivity index (χ0n) is 50.2. The fraction of sp³-hybridized carbons (Fsp3) is 0.550. The summed E-state index contributed by atoms with van der Waals surface area (Å²) in [6, 6.07) is 16.4. The van der Waals surface area contributed by atoms with Gasteiger partial charge >= 0.3 is 29.8 Å². The van der Waals surface area contributed by atoms with Crippen molar-refractivity contribution in [2.45, 2.75) is 161 Å². The molecule has 0 bridgehead atoms. The van der Waals surface area contributed by atoms with Crippen LogP contribution in [-0.2, 0) is 85.5 Å². The maximum Gasteiger partial charge on any atom is 0.338 e. The number of methoxy groups -OCH3 is 1. The predicted octanol–water partition coefficient (Wildman–Crippen LogP) is -4.97. The van der Waals surface area contributed by atoms with Gasteiger partial charge in [0.1, 0.15) is 129 Å². The Hall–Kier alpha value is -6.95. The van der Waals surface area contributed by atoms with Crippen LogP contribution in [0.1, 0.15) is 35.3 Å². The van der Waals surface area contributed by atoms with Crippen LogP contribution < -0.4 is 4.74 Å². The Labute approximate surface area is 533 Å². The fourth-order valence-electron chi connectivity index (χ4n) is 10.5. The van der Waals surface area contributed by atoms with Gasteiger partial charge in [0.25, 0.3) is 0 Å². The second-order valence-electron chi connectivity index (χ2n) is 22.0. The van der Waals surface area contributed by atoms with E-state index in [0.717, 1.165) is 26.0 Å². The average Bonchev–Trinajstić information content (AvgIpc) is 1.26. The molecule has 3 aromatic rings. The molecule has 518 valence electrons. The highest BCUT2D eigenvalue weighted by molar-refractivity contribution is 5.90. The van der Waals surface area contributed by atoms with Crippen LogP contribution in [0.2, 0.25) is 0 Å². The van der Waals surface area contributed by atoms with Gasteiger partial charge in [0.2, 0.25) is 5.79 Å². The van der Waals surface area contributed by atoms with E-state index in [2.05, 4.69) is 0 Å². The summed E-state index contributed by atoms with van der Waals surface area (Å²) in [6.45, 7) is -4.45. The first kappa shape index (κ1) is 72.9. The van der Waals surface area contributed by atoms with Crippen LogP contribution in [0.15, 0.2) is 84.9 Å². The van der Waals surface area contributed by atoms with E-state index in [0.29, 0.717) is 5.56 Å². The lowest BCUT2D eigenvalue weighted by atomic mass is 9.95. The van der Waals surface area contributed by atoms with Gasteiger partial charge in [0.15, 0.2) is 48.9 Å². The fourth-order valence-corrected chi connectivity index (χ4v) is 10.5. The number of esters is 5. The van der Waals surface area contributed by atoms with Gasteiger partial charge in [-0.25, -0.2) is 14.4 Å². The van der Waals surface area contributed by atoms with Crippen LogP contribution in [0.3, 0.4) is 0 Å². The number of phenolic OH excluding ortho intramolecular Hbond substituents is 2. The van der Waals surface area contributed by atoms with E-state index in [1.165, 1.54) is 86.0 Å². The van der Waals surface area contributed by atoms with Gasteiger partial charge in [-0.1, -0.05) is 36.4 Å². The minimum atomic E-state index is -3.00. The molecule has 94 heavy (non-hydrogen) atoms. The van der Waals surface area contributed by atoms with E-state index in [-0.39, 0.29) is 28.4 Å². The molecule has 3 aromatic carbocycles. The number of carbonyl (C=O) groups is 5. The van der Waals surface area contributed by atoms with Gasteiger partial charge in [-0.15, -0.1) is 0 Å². The molecule has 8 rings (SSSR count). The molecule has 0 radical (unpaired) electrons. The van der Waals surface area contributed by atoms with Gasteiger partial charge in [-0.2, -0.15) is 0 Å². The number of hydrogen-bond donors (Lipinski definition) is 14. The molecule has 0 spiro atoms. The molecule has 14 N–H and O–H groups in total. The summed E-state index contributed by atoms with van der Waals surface area (Å²) in [7, 11) is 1.25. The number of benzene rings is 3. The summed E-state index contributed by atoms with van der Waals surface area (Å²) in [5, 5.41) is 153. The van der Waals surface area contributed by atoms with Crippen molar-refractivity contribution in [1.82, 2.24) is 0 Å². The van der Waals surface area contributed by atoms with E-state index in [4.69, 9.17) is 71.1 Å². The van der Waals surface area contributed by atoms with E-state index in [9.17, 15) is 95.5 Å². The SMILES string of the molecule is COc1cc(C=CC(=O)OC2C(COC(C)=O)OC(OC3(COC(=O)C=Cc4ccc(O)cc4)OC(CO)C(O)C3OC(=O)c3ccccc3)C(OC3OC(CO)C(O)C(O)C3O)C2OC2OC(COC(C)=O)C(OC3OC(CO)C(O)C(O)C3O)C(O)C2O)ccc1O. The predicted molar refractivity (Wildman–Crippen MR) is 304 cm³/mol. The Balaban J connectivity index is 1.29. The number of carbonyl (C=O) groups excluding carboxylic acids is 5. The molecule has 34 heteroatoms. The Bertz CT molecular complexity index is 3060. The third-order valence-electron chi connectivity index (χ3n) is 15.5. The third kappa shape index (κ3) is 17.4. The number of hydrogen-bond acceptors (Lipinski definition) is 34.